The third-order valence-electron chi connectivity index (χ3n) is 2.51. The Bertz CT molecular complexity index is 368. The first-order valence-electron chi connectivity index (χ1n) is 5.03. The fraction of sp³-hybridized carbons (Fsp3) is 0.455. The summed E-state index contributed by atoms with van der Waals surface area (Å²) in [7, 11) is 0. The molecular formula is C11H13Cl2NS. The number of fused-ring (bicyclic) bond motifs is 1. The third kappa shape index (κ3) is 2.55. The molecule has 4 heteroatoms. The van der Waals surface area contributed by atoms with Gasteiger partial charge in [0.1, 0.15) is 0 Å². The number of halogens is 2. The van der Waals surface area contributed by atoms with Crippen molar-refractivity contribution < 1.29 is 0 Å². The zero-order valence-electron chi connectivity index (χ0n) is 8.52. The summed E-state index contributed by atoms with van der Waals surface area (Å²) in [5.41, 5.74) is 2.28. The summed E-state index contributed by atoms with van der Waals surface area (Å²) >= 11 is 14.2. The molecule has 0 radical (unpaired) electrons. The van der Waals surface area contributed by atoms with Gasteiger partial charge in [-0.25, -0.2) is 0 Å². The molecule has 1 N–H and O–H groups in total. The van der Waals surface area contributed by atoms with Crippen molar-refractivity contribution in [3.05, 3.63) is 27.7 Å². The molecule has 0 bridgehead atoms. The van der Waals surface area contributed by atoms with Gasteiger partial charge in [0.25, 0.3) is 0 Å². The summed E-state index contributed by atoms with van der Waals surface area (Å²) in [5.74, 6) is 1.18. The van der Waals surface area contributed by atoms with Gasteiger partial charge in [-0.3, -0.25) is 0 Å². The zero-order chi connectivity index (χ0) is 10.8. The Hall–Kier alpha value is -0.0500. The van der Waals surface area contributed by atoms with Gasteiger partial charge in [-0.1, -0.05) is 23.2 Å². The van der Waals surface area contributed by atoms with Gasteiger partial charge in [0.2, 0.25) is 0 Å². The van der Waals surface area contributed by atoms with E-state index in [0.29, 0.717) is 10.3 Å². The number of hydrogen-bond donors (Lipinski definition) is 1. The molecule has 0 saturated carbocycles. The molecule has 0 spiro atoms. The summed E-state index contributed by atoms with van der Waals surface area (Å²) in [6.45, 7) is 3.18. The van der Waals surface area contributed by atoms with E-state index in [0.717, 1.165) is 17.3 Å². The van der Waals surface area contributed by atoms with E-state index in [1.54, 1.807) is 6.07 Å². The smallest absolute Gasteiger partial charge is 0.0655 e. The predicted octanol–water partition coefficient (Wildman–Crippen LogP) is 4.60. The van der Waals surface area contributed by atoms with Crippen LogP contribution in [0.15, 0.2) is 12.1 Å². The Kier molecular flexibility index (Phi) is 3.70. The molecule has 0 aromatic heterocycles. The van der Waals surface area contributed by atoms with Crippen molar-refractivity contribution in [3.63, 3.8) is 0 Å². The maximum atomic E-state index is 6.18. The molecule has 0 amide bonds. The van der Waals surface area contributed by atoms with Gasteiger partial charge < -0.3 is 5.32 Å². The third-order valence-corrected chi connectivity index (χ3v) is 4.31. The van der Waals surface area contributed by atoms with Gasteiger partial charge in [0, 0.05) is 16.8 Å². The van der Waals surface area contributed by atoms with E-state index >= 15 is 0 Å². The molecule has 1 nitrogen and oxygen atoms in total. The van der Waals surface area contributed by atoms with Crippen LogP contribution in [0, 0.1) is 0 Å². The van der Waals surface area contributed by atoms with Crippen molar-refractivity contribution in [2.75, 3.05) is 17.6 Å². The van der Waals surface area contributed by atoms with Crippen LogP contribution < -0.4 is 5.32 Å². The van der Waals surface area contributed by atoms with Crippen molar-refractivity contribution in [2.24, 2.45) is 0 Å². The van der Waals surface area contributed by atoms with Crippen LogP contribution in [0.1, 0.15) is 24.2 Å². The molecule has 15 heavy (non-hydrogen) atoms. The van der Waals surface area contributed by atoms with Crippen molar-refractivity contribution in [3.8, 4) is 0 Å². The highest BCUT2D eigenvalue weighted by atomic mass is 35.5. The van der Waals surface area contributed by atoms with Gasteiger partial charge in [0.15, 0.2) is 0 Å². The fourth-order valence-corrected chi connectivity index (χ4v) is 3.34. The monoisotopic (exact) mass is 261 g/mol. The summed E-state index contributed by atoms with van der Waals surface area (Å²) in [6.07, 6.45) is 1.17. The number of anilines is 1. The van der Waals surface area contributed by atoms with Gasteiger partial charge >= 0.3 is 0 Å². The standard InChI is InChI=1S/C11H13Cl2NS/c1-7-9-5-8(12)6-10(13)11(9)14-3-2-4-15-7/h5-7,14H,2-4H2,1H3. The second-order valence-electron chi connectivity index (χ2n) is 3.65. The molecule has 2 rings (SSSR count). The molecule has 0 aliphatic carbocycles. The topological polar surface area (TPSA) is 12.0 Å². The van der Waals surface area contributed by atoms with E-state index in [1.807, 2.05) is 17.8 Å². The lowest BCUT2D eigenvalue weighted by molar-refractivity contribution is 0.957. The molecule has 1 aromatic rings. The maximum absolute atomic E-state index is 6.18. The highest BCUT2D eigenvalue weighted by molar-refractivity contribution is 7.99. The Morgan fingerprint density at radius 2 is 2.20 bits per heavy atom. The van der Waals surface area contributed by atoms with E-state index in [9.17, 15) is 0 Å². The Balaban J connectivity index is 2.46. The van der Waals surface area contributed by atoms with Crippen molar-refractivity contribution in [1.82, 2.24) is 0 Å². The zero-order valence-corrected chi connectivity index (χ0v) is 10.8. The molecule has 1 heterocycles. The van der Waals surface area contributed by atoms with Crippen molar-refractivity contribution >= 4 is 40.7 Å². The minimum atomic E-state index is 0.448. The normalized spacial score (nSPS) is 21.1. The van der Waals surface area contributed by atoms with Crippen LogP contribution >= 0.6 is 35.0 Å². The van der Waals surface area contributed by atoms with Crippen molar-refractivity contribution in [2.45, 2.75) is 18.6 Å². The number of nitrogens with one attached hydrogen (secondary N) is 1. The summed E-state index contributed by atoms with van der Waals surface area (Å²) in [6, 6.07) is 3.81. The van der Waals surface area contributed by atoms with Crippen LogP contribution in [0.4, 0.5) is 5.69 Å². The van der Waals surface area contributed by atoms with E-state index in [1.165, 1.54) is 17.7 Å². The second kappa shape index (κ2) is 4.86. The number of hydrogen-bond acceptors (Lipinski definition) is 2. The Morgan fingerprint density at radius 3 is 3.00 bits per heavy atom. The minimum absolute atomic E-state index is 0.448. The van der Waals surface area contributed by atoms with E-state index in [4.69, 9.17) is 23.2 Å². The van der Waals surface area contributed by atoms with Crippen LogP contribution in [-0.2, 0) is 0 Å². The number of thioether (sulfide) groups is 1. The van der Waals surface area contributed by atoms with E-state index < -0.39 is 0 Å². The molecule has 0 saturated heterocycles. The van der Waals surface area contributed by atoms with Gasteiger partial charge in [-0.2, -0.15) is 11.8 Å². The SMILES string of the molecule is CC1SCCCNc2c(Cl)cc(Cl)cc21. The highest BCUT2D eigenvalue weighted by Gasteiger charge is 2.17. The average molecular weight is 262 g/mol. The molecule has 82 valence electrons. The Morgan fingerprint density at radius 1 is 1.40 bits per heavy atom. The quantitative estimate of drug-likeness (QED) is 0.733. The Labute approximate surface area is 105 Å². The van der Waals surface area contributed by atoms with Crippen LogP contribution in [0.25, 0.3) is 0 Å². The molecule has 0 fully saturated rings. The van der Waals surface area contributed by atoms with Crippen molar-refractivity contribution in [1.29, 1.82) is 0 Å². The first-order valence-corrected chi connectivity index (χ1v) is 6.83. The van der Waals surface area contributed by atoms with Crippen LogP contribution in [-0.4, -0.2) is 12.3 Å². The summed E-state index contributed by atoms with van der Waals surface area (Å²) in [4.78, 5) is 0. The van der Waals surface area contributed by atoms with Crippen LogP contribution in [0.2, 0.25) is 10.0 Å². The molecule has 1 unspecified atom stereocenters. The molecule has 1 aliphatic heterocycles. The maximum Gasteiger partial charge on any atom is 0.0655 e. The van der Waals surface area contributed by atoms with Gasteiger partial charge in [-0.15, -0.1) is 0 Å². The average Bonchev–Trinajstić information content (AvgIpc) is 2.16. The first-order chi connectivity index (χ1) is 7.18. The summed E-state index contributed by atoms with van der Waals surface area (Å²) in [5, 5.41) is 5.28. The lowest BCUT2D eigenvalue weighted by Crippen LogP contribution is -2.10. The molecule has 1 aromatic carbocycles. The fourth-order valence-electron chi connectivity index (χ4n) is 1.74. The summed E-state index contributed by atoms with van der Waals surface area (Å²) < 4.78 is 0. The minimum Gasteiger partial charge on any atom is -0.384 e. The second-order valence-corrected chi connectivity index (χ2v) is 5.94. The van der Waals surface area contributed by atoms with Gasteiger partial charge in [-0.05, 0) is 36.8 Å². The van der Waals surface area contributed by atoms with Gasteiger partial charge in [0.05, 0.1) is 10.7 Å². The van der Waals surface area contributed by atoms with Crippen LogP contribution in [0.3, 0.4) is 0 Å². The van der Waals surface area contributed by atoms with E-state index in [-0.39, 0.29) is 0 Å². The van der Waals surface area contributed by atoms with Crippen LogP contribution in [0.5, 0.6) is 0 Å². The largest absolute Gasteiger partial charge is 0.384 e. The van der Waals surface area contributed by atoms with E-state index in [2.05, 4.69) is 12.2 Å². The highest BCUT2D eigenvalue weighted by Crippen LogP contribution is 2.40. The first kappa shape index (κ1) is 11.4. The lowest BCUT2D eigenvalue weighted by Gasteiger charge is -2.22. The molecule has 1 aliphatic rings. The number of rotatable bonds is 0. The lowest BCUT2D eigenvalue weighted by atomic mass is 10.1. The number of benzene rings is 1. The molecular weight excluding hydrogens is 249 g/mol. The predicted molar refractivity (Wildman–Crippen MR) is 70.4 cm³/mol. The molecule has 1 atom stereocenters.